The summed E-state index contributed by atoms with van der Waals surface area (Å²) in [5, 5.41) is 3.66. The van der Waals surface area contributed by atoms with Gasteiger partial charge in [-0.15, -0.1) is 0 Å². The van der Waals surface area contributed by atoms with Gasteiger partial charge >= 0.3 is 0 Å². The van der Waals surface area contributed by atoms with E-state index in [1.54, 1.807) is 0 Å². The summed E-state index contributed by atoms with van der Waals surface area (Å²) >= 11 is 0. The average molecular weight is 100 g/mol. The number of hydrogen-bond acceptors (Lipinski definition) is 3. The van der Waals surface area contributed by atoms with Crippen LogP contribution in [0.1, 0.15) is 6.92 Å². The molecule has 1 aliphatic rings. The normalized spacial score (nSPS) is 19.1. The van der Waals surface area contributed by atoms with E-state index >= 15 is 0 Å². The van der Waals surface area contributed by atoms with Crippen LogP contribution in [0.25, 0.3) is 0 Å². The van der Waals surface area contributed by atoms with E-state index in [2.05, 4.69) is 9.99 Å². The Morgan fingerprint density at radius 1 is 1.86 bits per heavy atom. The summed E-state index contributed by atoms with van der Waals surface area (Å²) in [7, 11) is 1.94. The van der Waals surface area contributed by atoms with E-state index in [0.29, 0.717) is 6.73 Å². The quantitative estimate of drug-likeness (QED) is 0.435. The lowest BCUT2D eigenvalue weighted by atomic mass is 10.6. The van der Waals surface area contributed by atoms with Crippen LogP contribution in [0.4, 0.5) is 0 Å². The molecule has 1 aliphatic heterocycles. The fraction of sp³-hybridized carbons (Fsp3) is 0.750. The lowest BCUT2D eigenvalue weighted by Crippen LogP contribution is -2.18. The van der Waals surface area contributed by atoms with Gasteiger partial charge in [-0.2, -0.15) is 0 Å². The third kappa shape index (κ3) is 0.656. The molecule has 0 aliphatic carbocycles. The second-order valence-corrected chi connectivity index (χ2v) is 1.59. The van der Waals surface area contributed by atoms with Crippen molar-refractivity contribution in [2.45, 2.75) is 6.92 Å². The summed E-state index contributed by atoms with van der Waals surface area (Å²) in [4.78, 5) is 6.61. The maximum atomic E-state index is 4.68. The van der Waals surface area contributed by atoms with Crippen molar-refractivity contribution in [2.75, 3.05) is 13.8 Å². The number of amidine groups is 1. The molecule has 0 aromatic heterocycles. The van der Waals surface area contributed by atoms with Gasteiger partial charge in [0.05, 0.1) is 0 Å². The summed E-state index contributed by atoms with van der Waals surface area (Å²) in [5.41, 5.74) is 0. The Morgan fingerprint density at radius 2 is 2.57 bits per heavy atom. The predicted octanol–water partition coefficient (Wildman–Crippen LogP) is 0.239. The first kappa shape index (κ1) is 4.43. The van der Waals surface area contributed by atoms with Gasteiger partial charge in [-0.25, -0.2) is 0 Å². The summed E-state index contributed by atoms with van der Waals surface area (Å²) in [6.07, 6.45) is 0. The number of hydrogen-bond donors (Lipinski definition) is 0. The SMILES string of the molecule is CC1=NOCN1C. The monoisotopic (exact) mass is 100 g/mol. The van der Waals surface area contributed by atoms with Crippen molar-refractivity contribution in [1.82, 2.24) is 4.90 Å². The van der Waals surface area contributed by atoms with Crippen LogP contribution in [0.3, 0.4) is 0 Å². The van der Waals surface area contributed by atoms with Crippen LogP contribution < -0.4 is 0 Å². The first-order chi connectivity index (χ1) is 3.30. The molecule has 0 saturated carbocycles. The van der Waals surface area contributed by atoms with Crippen LogP contribution in [0.2, 0.25) is 0 Å². The zero-order chi connectivity index (χ0) is 5.28. The maximum Gasteiger partial charge on any atom is 0.190 e. The molecular weight excluding hydrogens is 92.1 g/mol. The lowest BCUT2D eigenvalue weighted by molar-refractivity contribution is 0.120. The van der Waals surface area contributed by atoms with Crippen LogP contribution in [0, 0.1) is 0 Å². The van der Waals surface area contributed by atoms with Crippen LogP contribution in [0.15, 0.2) is 5.16 Å². The fourth-order valence-electron chi connectivity index (χ4n) is 0.372. The molecule has 1 heterocycles. The van der Waals surface area contributed by atoms with Crippen LogP contribution in [0.5, 0.6) is 0 Å². The molecular formula is C4H8N2O. The third-order valence-electron chi connectivity index (χ3n) is 1.00. The van der Waals surface area contributed by atoms with Gasteiger partial charge in [0, 0.05) is 7.05 Å². The van der Waals surface area contributed by atoms with Gasteiger partial charge in [0.2, 0.25) is 0 Å². The van der Waals surface area contributed by atoms with Crippen molar-refractivity contribution in [3.05, 3.63) is 0 Å². The Kier molecular flexibility index (Phi) is 0.889. The standard InChI is InChI=1S/C4H8N2O/c1-4-5-7-3-6(4)2/h3H2,1-2H3. The molecule has 0 aromatic carbocycles. The average Bonchev–Trinajstić information content (AvgIpc) is 1.91. The minimum absolute atomic E-state index is 0.603. The Labute approximate surface area is 42.6 Å². The van der Waals surface area contributed by atoms with E-state index in [1.807, 2.05) is 18.9 Å². The van der Waals surface area contributed by atoms with Crippen molar-refractivity contribution >= 4 is 5.84 Å². The molecule has 1 rings (SSSR count). The third-order valence-corrected chi connectivity index (χ3v) is 1.00. The summed E-state index contributed by atoms with van der Waals surface area (Å²) in [5.74, 6) is 0.944. The highest BCUT2D eigenvalue weighted by Gasteiger charge is 2.05. The van der Waals surface area contributed by atoms with Crippen molar-refractivity contribution in [3.8, 4) is 0 Å². The number of oxime groups is 1. The highest BCUT2D eigenvalue weighted by atomic mass is 16.7. The maximum absolute atomic E-state index is 4.68. The van der Waals surface area contributed by atoms with Crippen molar-refractivity contribution in [2.24, 2.45) is 5.16 Å². The largest absolute Gasteiger partial charge is 0.372 e. The molecule has 3 nitrogen and oxygen atoms in total. The van der Waals surface area contributed by atoms with Gasteiger partial charge in [-0.3, -0.25) is 0 Å². The molecule has 0 fully saturated rings. The summed E-state index contributed by atoms with van der Waals surface area (Å²) in [6, 6.07) is 0. The van der Waals surface area contributed by atoms with E-state index in [4.69, 9.17) is 0 Å². The minimum Gasteiger partial charge on any atom is -0.372 e. The van der Waals surface area contributed by atoms with Gasteiger partial charge < -0.3 is 9.74 Å². The molecule has 0 aromatic rings. The molecule has 0 amide bonds. The fourth-order valence-corrected chi connectivity index (χ4v) is 0.372. The lowest BCUT2D eigenvalue weighted by Gasteiger charge is -2.03. The van der Waals surface area contributed by atoms with Crippen molar-refractivity contribution < 1.29 is 4.84 Å². The smallest absolute Gasteiger partial charge is 0.190 e. The second kappa shape index (κ2) is 1.40. The molecule has 40 valence electrons. The van der Waals surface area contributed by atoms with Gasteiger partial charge in [-0.1, -0.05) is 5.16 Å². The molecule has 0 atom stereocenters. The van der Waals surface area contributed by atoms with Gasteiger partial charge in [0.1, 0.15) is 5.84 Å². The molecule has 0 bridgehead atoms. The molecule has 0 N–H and O–H groups in total. The number of nitrogens with zero attached hydrogens (tertiary/aromatic N) is 2. The van der Waals surface area contributed by atoms with Crippen LogP contribution >= 0.6 is 0 Å². The molecule has 7 heavy (non-hydrogen) atoms. The van der Waals surface area contributed by atoms with Crippen LogP contribution in [-0.4, -0.2) is 24.5 Å². The molecule has 0 unspecified atom stereocenters. The Bertz CT molecular complexity index is 99.9. The zero-order valence-corrected chi connectivity index (χ0v) is 4.51. The highest BCUT2D eigenvalue weighted by Crippen LogP contribution is 1.96. The Morgan fingerprint density at radius 3 is 2.71 bits per heavy atom. The molecule has 0 saturated heterocycles. The summed E-state index contributed by atoms with van der Waals surface area (Å²) in [6.45, 7) is 2.51. The van der Waals surface area contributed by atoms with Gasteiger partial charge in [0.25, 0.3) is 0 Å². The first-order valence-corrected chi connectivity index (χ1v) is 2.18. The van der Waals surface area contributed by atoms with E-state index in [1.165, 1.54) is 0 Å². The topological polar surface area (TPSA) is 24.8 Å². The van der Waals surface area contributed by atoms with Crippen molar-refractivity contribution in [1.29, 1.82) is 0 Å². The predicted molar refractivity (Wildman–Crippen MR) is 26.8 cm³/mol. The Hall–Kier alpha value is -0.730. The van der Waals surface area contributed by atoms with Gasteiger partial charge in [0.15, 0.2) is 6.73 Å². The van der Waals surface area contributed by atoms with E-state index in [9.17, 15) is 0 Å². The van der Waals surface area contributed by atoms with E-state index in [-0.39, 0.29) is 0 Å². The van der Waals surface area contributed by atoms with Crippen molar-refractivity contribution in [3.63, 3.8) is 0 Å². The zero-order valence-electron chi connectivity index (χ0n) is 4.51. The van der Waals surface area contributed by atoms with E-state index < -0.39 is 0 Å². The number of rotatable bonds is 0. The Balaban J connectivity index is 2.54. The first-order valence-electron chi connectivity index (χ1n) is 2.18. The highest BCUT2D eigenvalue weighted by molar-refractivity contribution is 5.79. The summed E-state index contributed by atoms with van der Waals surface area (Å²) < 4.78 is 0. The molecule has 3 heteroatoms. The molecule has 0 radical (unpaired) electrons. The second-order valence-electron chi connectivity index (χ2n) is 1.59. The minimum atomic E-state index is 0.603. The van der Waals surface area contributed by atoms with E-state index in [0.717, 1.165) is 5.84 Å². The molecule has 0 spiro atoms. The van der Waals surface area contributed by atoms with Gasteiger partial charge in [-0.05, 0) is 6.92 Å². The van der Waals surface area contributed by atoms with Crippen LogP contribution in [-0.2, 0) is 4.84 Å².